The first-order valence-electron chi connectivity index (χ1n) is 8.27. The van der Waals surface area contributed by atoms with E-state index in [9.17, 15) is 4.79 Å². The Hall–Kier alpha value is -2.40. The molecule has 5 nitrogen and oxygen atoms in total. The third-order valence-corrected chi connectivity index (χ3v) is 3.79. The van der Waals surface area contributed by atoms with Gasteiger partial charge in [0.25, 0.3) is 0 Å². The molecule has 0 bridgehead atoms. The molecule has 0 atom stereocenters. The van der Waals surface area contributed by atoms with Crippen molar-refractivity contribution < 1.29 is 4.79 Å². The summed E-state index contributed by atoms with van der Waals surface area (Å²) in [5.41, 5.74) is 3.06. The van der Waals surface area contributed by atoms with Gasteiger partial charge in [-0.25, -0.2) is 4.79 Å². The molecule has 0 aliphatic carbocycles. The highest BCUT2D eigenvalue weighted by atomic mass is 16.2. The van der Waals surface area contributed by atoms with Gasteiger partial charge in [-0.1, -0.05) is 25.1 Å². The number of urea groups is 1. The van der Waals surface area contributed by atoms with Crippen molar-refractivity contribution in [3.63, 3.8) is 0 Å². The molecule has 0 fully saturated rings. The van der Waals surface area contributed by atoms with E-state index >= 15 is 0 Å². The number of benzene rings is 1. The second kappa shape index (κ2) is 9.03. The molecule has 5 heteroatoms. The summed E-state index contributed by atoms with van der Waals surface area (Å²) in [4.78, 5) is 20.7. The van der Waals surface area contributed by atoms with E-state index < -0.39 is 0 Å². The van der Waals surface area contributed by atoms with E-state index in [1.165, 1.54) is 5.56 Å². The van der Waals surface area contributed by atoms with E-state index in [0.29, 0.717) is 13.1 Å². The molecule has 2 aromatic rings. The predicted octanol–water partition coefficient (Wildman–Crippen LogP) is 3.24. The molecule has 0 saturated heterocycles. The summed E-state index contributed by atoms with van der Waals surface area (Å²) in [6, 6.07) is 11.8. The van der Waals surface area contributed by atoms with E-state index in [1.54, 1.807) is 12.4 Å². The zero-order chi connectivity index (χ0) is 17.4. The van der Waals surface area contributed by atoms with Gasteiger partial charge in [0.1, 0.15) is 0 Å². The van der Waals surface area contributed by atoms with Crippen molar-refractivity contribution in [3.8, 4) is 0 Å². The van der Waals surface area contributed by atoms with Crippen molar-refractivity contribution in [1.29, 1.82) is 0 Å². The lowest BCUT2D eigenvalue weighted by Crippen LogP contribution is -2.39. The Morgan fingerprint density at radius 1 is 1.12 bits per heavy atom. The first-order chi connectivity index (χ1) is 11.6. The van der Waals surface area contributed by atoms with Crippen LogP contribution >= 0.6 is 0 Å². The van der Waals surface area contributed by atoms with Crippen LogP contribution in [0.2, 0.25) is 0 Å². The first-order valence-corrected chi connectivity index (χ1v) is 8.27. The summed E-state index contributed by atoms with van der Waals surface area (Å²) in [7, 11) is 4.01. The number of anilines is 1. The lowest BCUT2D eigenvalue weighted by molar-refractivity contribution is 0.202. The minimum Gasteiger partial charge on any atom is -0.319 e. The molecule has 0 unspecified atom stereocenters. The third-order valence-electron chi connectivity index (χ3n) is 3.79. The Morgan fingerprint density at radius 3 is 2.58 bits per heavy atom. The second-order valence-electron chi connectivity index (χ2n) is 6.07. The molecule has 1 N–H and O–H groups in total. The molecule has 0 aliphatic heterocycles. The van der Waals surface area contributed by atoms with Crippen LogP contribution in [0.15, 0.2) is 48.8 Å². The van der Waals surface area contributed by atoms with Crippen LogP contribution in [0, 0.1) is 0 Å². The van der Waals surface area contributed by atoms with Crippen molar-refractivity contribution in [2.75, 3.05) is 32.5 Å². The molecule has 0 aliphatic rings. The summed E-state index contributed by atoms with van der Waals surface area (Å²) in [5, 5.41) is 3.01. The smallest absolute Gasteiger partial charge is 0.319 e. The fraction of sp³-hybridized carbons (Fsp3) is 0.368. The number of nitrogens with one attached hydrogen (secondary N) is 1. The molecule has 1 aromatic heterocycles. The standard InChI is InChI=1S/C19H26N4O/c1-4-16-7-5-9-18(13-16)21-19(24)23(12-11-22(2)3)15-17-8-6-10-20-14-17/h5-10,13-14H,4,11-12,15H2,1-3H3,(H,21,24). The number of carbonyl (C=O) groups excluding carboxylic acids is 1. The quantitative estimate of drug-likeness (QED) is 0.850. The maximum atomic E-state index is 12.7. The molecule has 0 saturated carbocycles. The third kappa shape index (κ3) is 5.66. The fourth-order valence-electron chi connectivity index (χ4n) is 2.36. The number of pyridine rings is 1. The molecule has 2 rings (SSSR count). The maximum Gasteiger partial charge on any atom is 0.322 e. The highest BCUT2D eigenvalue weighted by Crippen LogP contribution is 2.13. The zero-order valence-electron chi connectivity index (χ0n) is 14.7. The van der Waals surface area contributed by atoms with Gasteiger partial charge in [0.2, 0.25) is 0 Å². The van der Waals surface area contributed by atoms with Crippen LogP contribution in [0.4, 0.5) is 10.5 Å². The monoisotopic (exact) mass is 326 g/mol. The average Bonchev–Trinajstić information content (AvgIpc) is 2.59. The Morgan fingerprint density at radius 2 is 1.92 bits per heavy atom. The van der Waals surface area contributed by atoms with Gasteiger partial charge in [0, 0.05) is 37.7 Å². The summed E-state index contributed by atoms with van der Waals surface area (Å²) in [6.45, 7) is 4.11. The normalized spacial score (nSPS) is 10.7. The van der Waals surface area contributed by atoms with Crippen molar-refractivity contribution in [2.45, 2.75) is 19.9 Å². The number of nitrogens with zero attached hydrogens (tertiary/aromatic N) is 3. The number of aromatic nitrogens is 1. The van der Waals surface area contributed by atoms with Crippen LogP contribution in [0.5, 0.6) is 0 Å². The van der Waals surface area contributed by atoms with Crippen LogP contribution in [-0.4, -0.2) is 48.0 Å². The van der Waals surface area contributed by atoms with E-state index in [2.05, 4.69) is 28.2 Å². The summed E-state index contributed by atoms with van der Waals surface area (Å²) < 4.78 is 0. The van der Waals surface area contributed by atoms with Gasteiger partial charge >= 0.3 is 6.03 Å². The van der Waals surface area contributed by atoms with Crippen molar-refractivity contribution >= 4 is 11.7 Å². The van der Waals surface area contributed by atoms with E-state index in [4.69, 9.17) is 0 Å². The number of hydrogen-bond donors (Lipinski definition) is 1. The lowest BCUT2D eigenvalue weighted by Gasteiger charge is -2.25. The van der Waals surface area contributed by atoms with Gasteiger partial charge in [-0.2, -0.15) is 0 Å². The molecule has 1 heterocycles. The van der Waals surface area contributed by atoms with Gasteiger partial charge < -0.3 is 15.1 Å². The minimum absolute atomic E-state index is 0.0889. The zero-order valence-corrected chi connectivity index (χ0v) is 14.7. The van der Waals surface area contributed by atoms with Crippen LogP contribution < -0.4 is 5.32 Å². The Bertz CT molecular complexity index is 643. The number of amides is 2. The number of likely N-dealkylation sites (N-methyl/N-ethyl adjacent to an activating group) is 1. The first kappa shape index (κ1) is 17.9. The molecule has 128 valence electrons. The summed E-state index contributed by atoms with van der Waals surface area (Å²) >= 11 is 0. The van der Waals surface area contributed by atoms with Gasteiger partial charge in [-0.05, 0) is 49.8 Å². The average molecular weight is 326 g/mol. The SMILES string of the molecule is CCc1cccc(NC(=O)N(CCN(C)C)Cc2cccnc2)c1. The van der Waals surface area contributed by atoms with Crippen LogP contribution in [0.3, 0.4) is 0 Å². The highest BCUT2D eigenvalue weighted by Gasteiger charge is 2.14. The largest absolute Gasteiger partial charge is 0.322 e. The molecule has 2 amide bonds. The fourth-order valence-corrected chi connectivity index (χ4v) is 2.36. The van der Waals surface area contributed by atoms with Crippen molar-refractivity contribution in [1.82, 2.24) is 14.8 Å². The van der Waals surface area contributed by atoms with Gasteiger partial charge in [0.15, 0.2) is 0 Å². The topological polar surface area (TPSA) is 48.5 Å². The van der Waals surface area contributed by atoms with Crippen LogP contribution in [-0.2, 0) is 13.0 Å². The minimum atomic E-state index is -0.0889. The molecule has 24 heavy (non-hydrogen) atoms. The molecule has 0 radical (unpaired) electrons. The highest BCUT2D eigenvalue weighted by molar-refractivity contribution is 5.89. The molecule has 1 aromatic carbocycles. The van der Waals surface area contributed by atoms with Crippen LogP contribution in [0.25, 0.3) is 0 Å². The van der Waals surface area contributed by atoms with Crippen molar-refractivity contribution in [2.24, 2.45) is 0 Å². The van der Waals surface area contributed by atoms with Gasteiger partial charge in [-0.15, -0.1) is 0 Å². The van der Waals surface area contributed by atoms with Crippen molar-refractivity contribution in [3.05, 3.63) is 59.9 Å². The molecular weight excluding hydrogens is 300 g/mol. The molecular formula is C19H26N4O. The van der Waals surface area contributed by atoms with Crippen LogP contribution in [0.1, 0.15) is 18.1 Å². The number of aryl methyl sites for hydroxylation is 1. The van der Waals surface area contributed by atoms with E-state index in [1.807, 2.05) is 49.3 Å². The number of rotatable bonds is 7. The Balaban J connectivity index is 2.07. The lowest BCUT2D eigenvalue weighted by atomic mass is 10.1. The number of hydrogen-bond acceptors (Lipinski definition) is 3. The Labute approximate surface area is 144 Å². The second-order valence-corrected chi connectivity index (χ2v) is 6.07. The maximum absolute atomic E-state index is 12.7. The molecule has 0 spiro atoms. The van der Waals surface area contributed by atoms with Gasteiger partial charge in [-0.3, -0.25) is 4.98 Å². The Kier molecular flexibility index (Phi) is 6.75. The number of carbonyl (C=O) groups is 1. The summed E-state index contributed by atoms with van der Waals surface area (Å²) in [6.07, 6.45) is 4.49. The van der Waals surface area contributed by atoms with E-state index in [0.717, 1.165) is 24.2 Å². The predicted molar refractivity (Wildman–Crippen MR) is 98.0 cm³/mol. The summed E-state index contributed by atoms with van der Waals surface area (Å²) in [5.74, 6) is 0. The van der Waals surface area contributed by atoms with Gasteiger partial charge in [0.05, 0.1) is 0 Å². The van der Waals surface area contributed by atoms with E-state index in [-0.39, 0.29) is 6.03 Å².